The van der Waals surface area contributed by atoms with E-state index < -0.39 is 11.9 Å². The summed E-state index contributed by atoms with van der Waals surface area (Å²) in [5.41, 5.74) is 8.49. The van der Waals surface area contributed by atoms with Crippen molar-refractivity contribution in [2.45, 2.75) is 39.5 Å². The highest BCUT2D eigenvalue weighted by Gasteiger charge is 2.10. The third kappa shape index (κ3) is 6.56. The van der Waals surface area contributed by atoms with Crippen molar-refractivity contribution in [3.8, 4) is 0 Å². The number of amides is 1. The standard InChI is InChI=1S/C13H19NO.C2H2O4/c1-3-6-10-8-5-9-12(13(14)15)11(10)7-4-2;3-1(4)2(5)6/h5,8-9H,3-4,6-7H2,1-2H3,(H2,14,15);(H,3,4)(H,5,6). The molecule has 0 heterocycles. The first-order valence-corrected chi connectivity index (χ1v) is 6.71. The number of hydrogen-bond donors (Lipinski definition) is 3. The molecular formula is C15H21NO5. The van der Waals surface area contributed by atoms with Crippen molar-refractivity contribution in [3.05, 3.63) is 34.9 Å². The predicted octanol–water partition coefficient (Wildman–Crippen LogP) is 1.85. The summed E-state index contributed by atoms with van der Waals surface area (Å²) in [6, 6.07) is 5.84. The molecule has 6 heteroatoms. The second kappa shape index (κ2) is 9.52. The van der Waals surface area contributed by atoms with Gasteiger partial charge in [0.1, 0.15) is 0 Å². The van der Waals surface area contributed by atoms with E-state index in [0.29, 0.717) is 5.56 Å². The van der Waals surface area contributed by atoms with E-state index in [4.69, 9.17) is 25.5 Å². The van der Waals surface area contributed by atoms with E-state index in [2.05, 4.69) is 19.9 Å². The van der Waals surface area contributed by atoms with Crippen LogP contribution in [-0.2, 0) is 22.4 Å². The zero-order valence-corrected chi connectivity index (χ0v) is 12.3. The summed E-state index contributed by atoms with van der Waals surface area (Å²) in [6.07, 6.45) is 4.10. The maximum atomic E-state index is 11.3. The number of nitrogens with two attached hydrogens (primary N) is 1. The van der Waals surface area contributed by atoms with Crippen molar-refractivity contribution in [3.63, 3.8) is 0 Å². The Morgan fingerprint density at radius 1 is 1.00 bits per heavy atom. The topological polar surface area (TPSA) is 118 Å². The van der Waals surface area contributed by atoms with Crippen molar-refractivity contribution >= 4 is 17.8 Å². The van der Waals surface area contributed by atoms with Crippen molar-refractivity contribution in [1.29, 1.82) is 0 Å². The maximum absolute atomic E-state index is 11.3. The van der Waals surface area contributed by atoms with Crippen molar-refractivity contribution in [1.82, 2.24) is 0 Å². The van der Waals surface area contributed by atoms with Crippen LogP contribution < -0.4 is 5.73 Å². The molecule has 0 aliphatic heterocycles. The number of carbonyl (C=O) groups excluding carboxylic acids is 1. The number of aliphatic carboxylic acids is 2. The Balaban J connectivity index is 0.000000567. The zero-order chi connectivity index (χ0) is 16.4. The van der Waals surface area contributed by atoms with Gasteiger partial charge in [-0.1, -0.05) is 38.8 Å². The van der Waals surface area contributed by atoms with Crippen LogP contribution >= 0.6 is 0 Å². The van der Waals surface area contributed by atoms with Gasteiger partial charge in [0.2, 0.25) is 5.91 Å². The second-order valence-corrected chi connectivity index (χ2v) is 4.42. The molecule has 21 heavy (non-hydrogen) atoms. The Labute approximate surface area is 123 Å². The fraction of sp³-hybridized carbons (Fsp3) is 0.400. The number of carboxylic acids is 2. The van der Waals surface area contributed by atoms with Gasteiger partial charge in [0, 0.05) is 5.56 Å². The van der Waals surface area contributed by atoms with Gasteiger partial charge in [-0.3, -0.25) is 4.79 Å². The van der Waals surface area contributed by atoms with Crippen LogP contribution in [-0.4, -0.2) is 28.1 Å². The minimum atomic E-state index is -1.82. The summed E-state index contributed by atoms with van der Waals surface area (Å²) in [7, 11) is 0. The average Bonchev–Trinajstić information content (AvgIpc) is 2.41. The zero-order valence-electron chi connectivity index (χ0n) is 12.3. The SMILES string of the molecule is CCCc1cccc(C(N)=O)c1CCC.O=C(O)C(=O)O. The fourth-order valence-electron chi connectivity index (χ4n) is 1.91. The summed E-state index contributed by atoms with van der Waals surface area (Å²) in [6.45, 7) is 4.26. The Hall–Kier alpha value is -2.37. The molecule has 1 aromatic carbocycles. The number of benzene rings is 1. The van der Waals surface area contributed by atoms with Gasteiger partial charge in [-0.15, -0.1) is 0 Å². The summed E-state index contributed by atoms with van der Waals surface area (Å²) in [5.74, 6) is -3.96. The molecule has 0 aliphatic carbocycles. The van der Waals surface area contributed by atoms with Crippen molar-refractivity contribution in [2.24, 2.45) is 5.73 Å². The molecule has 6 nitrogen and oxygen atoms in total. The van der Waals surface area contributed by atoms with Gasteiger partial charge < -0.3 is 15.9 Å². The number of carbonyl (C=O) groups is 3. The van der Waals surface area contributed by atoms with Crippen LogP contribution in [0.1, 0.15) is 48.2 Å². The monoisotopic (exact) mass is 295 g/mol. The molecule has 4 N–H and O–H groups in total. The van der Waals surface area contributed by atoms with E-state index in [1.807, 2.05) is 12.1 Å². The van der Waals surface area contributed by atoms with Gasteiger partial charge in [0.25, 0.3) is 0 Å². The molecular weight excluding hydrogens is 274 g/mol. The van der Waals surface area contributed by atoms with Gasteiger partial charge in [-0.05, 0) is 30.0 Å². The lowest BCUT2D eigenvalue weighted by Crippen LogP contribution is -2.15. The molecule has 0 unspecified atom stereocenters. The summed E-state index contributed by atoms with van der Waals surface area (Å²) >= 11 is 0. The molecule has 0 atom stereocenters. The number of aryl methyl sites for hydroxylation is 1. The molecule has 0 fully saturated rings. The summed E-state index contributed by atoms with van der Waals surface area (Å²) in [5, 5.41) is 14.8. The molecule has 1 rings (SSSR count). The van der Waals surface area contributed by atoms with Crippen LogP contribution in [0.4, 0.5) is 0 Å². The molecule has 0 radical (unpaired) electrons. The highest BCUT2D eigenvalue weighted by atomic mass is 16.4. The first-order chi connectivity index (χ1) is 9.84. The van der Waals surface area contributed by atoms with Gasteiger partial charge in [0.05, 0.1) is 0 Å². The smallest absolute Gasteiger partial charge is 0.414 e. The third-order valence-corrected chi connectivity index (χ3v) is 2.74. The molecule has 1 aromatic rings. The Morgan fingerprint density at radius 2 is 1.52 bits per heavy atom. The normalized spacial score (nSPS) is 9.43. The average molecular weight is 295 g/mol. The minimum absolute atomic E-state index is 0.309. The molecule has 0 saturated heterocycles. The second-order valence-electron chi connectivity index (χ2n) is 4.42. The predicted molar refractivity (Wildman–Crippen MR) is 78.2 cm³/mol. The van der Waals surface area contributed by atoms with E-state index in [-0.39, 0.29) is 5.91 Å². The molecule has 0 saturated carbocycles. The Kier molecular flexibility index (Phi) is 8.45. The van der Waals surface area contributed by atoms with Crippen LogP contribution in [0.5, 0.6) is 0 Å². The molecule has 0 aliphatic rings. The molecule has 0 aromatic heterocycles. The fourth-order valence-corrected chi connectivity index (χ4v) is 1.91. The number of primary amides is 1. The minimum Gasteiger partial charge on any atom is -0.473 e. The molecule has 1 amide bonds. The van der Waals surface area contributed by atoms with Crippen LogP contribution in [0.15, 0.2) is 18.2 Å². The van der Waals surface area contributed by atoms with Gasteiger partial charge >= 0.3 is 11.9 Å². The van der Waals surface area contributed by atoms with Gasteiger partial charge in [-0.25, -0.2) is 9.59 Å². The van der Waals surface area contributed by atoms with Crippen LogP contribution in [0.25, 0.3) is 0 Å². The van der Waals surface area contributed by atoms with Crippen molar-refractivity contribution in [2.75, 3.05) is 0 Å². The van der Waals surface area contributed by atoms with Gasteiger partial charge in [0.15, 0.2) is 0 Å². The first-order valence-electron chi connectivity index (χ1n) is 6.71. The maximum Gasteiger partial charge on any atom is 0.414 e. The van der Waals surface area contributed by atoms with Crippen molar-refractivity contribution < 1.29 is 24.6 Å². The van der Waals surface area contributed by atoms with Crippen LogP contribution in [0.3, 0.4) is 0 Å². The first kappa shape index (κ1) is 18.6. The lowest BCUT2D eigenvalue weighted by atomic mass is 9.94. The lowest BCUT2D eigenvalue weighted by molar-refractivity contribution is -0.159. The van der Waals surface area contributed by atoms with Gasteiger partial charge in [-0.2, -0.15) is 0 Å². The summed E-state index contributed by atoms with van der Waals surface area (Å²) < 4.78 is 0. The van der Waals surface area contributed by atoms with E-state index in [1.54, 1.807) is 0 Å². The van der Waals surface area contributed by atoms with E-state index in [0.717, 1.165) is 31.2 Å². The highest BCUT2D eigenvalue weighted by molar-refractivity contribution is 6.27. The third-order valence-electron chi connectivity index (χ3n) is 2.74. The largest absolute Gasteiger partial charge is 0.473 e. The van der Waals surface area contributed by atoms with Crippen LogP contribution in [0, 0.1) is 0 Å². The Morgan fingerprint density at radius 3 is 1.90 bits per heavy atom. The quantitative estimate of drug-likeness (QED) is 0.716. The van der Waals surface area contributed by atoms with E-state index in [9.17, 15) is 4.79 Å². The molecule has 0 bridgehead atoms. The highest BCUT2D eigenvalue weighted by Crippen LogP contribution is 2.18. The number of rotatable bonds is 5. The summed E-state index contributed by atoms with van der Waals surface area (Å²) in [4.78, 5) is 29.5. The molecule has 0 spiro atoms. The number of hydrogen-bond acceptors (Lipinski definition) is 3. The Bertz CT molecular complexity index is 499. The molecule has 116 valence electrons. The van der Waals surface area contributed by atoms with Crippen LogP contribution in [0.2, 0.25) is 0 Å². The van der Waals surface area contributed by atoms with E-state index >= 15 is 0 Å². The lowest BCUT2D eigenvalue weighted by Gasteiger charge is -2.11. The van der Waals surface area contributed by atoms with E-state index in [1.165, 1.54) is 5.56 Å². The number of carboxylic acid groups (broad SMARTS) is 2.